The number of carbonyl (C=O) groups is 3. The molecule has 1 atom stereocenters. The molecule has 8 nitrogen and oxygen atoms in total. The molecule has 0 fully saturated rings. The van der Waals surface area contributed by atoms with Gasteiger partial charge < -0.3 is 10.2 Å². The van der Waals surface area contributed by atoms with Crippen molar-refractivity contribution in [3.63, 3.8) is 0 Å². The van der Waals surface area contributed by atoms with Crippen LogP contribution in [0.5, 0.6) is 5.75 Å². The Labute approximate surface area is 225 Å². The molecule has 3 N–H and O–H groups in total. The Morgan fingerprint density at radius 1 is 1.05 bits per heavy atom. The summed E-state index contributed by atoms with van der Waals surface area (Å²) >= 11 is 6.21. The van der Waals surface area contributed by atoms with Crippen molar-refractivity contribution >= 4 is 47.0 Å². The van der Waals surface area contributed by atoms with Crippen molar-refractivity contribution in [2.24, 2.45) is 5.10 Å². The van der Waals surface area contributed by atoms with Crippen LogP contribution in [-0.2, 0) is 4.79 Å². The number of fused-ring (bicyclic) bond motifs is 1. The van der Waals surface area contributed by atoms with Crippen LogP contribution in [0.2, 0.25) is 5.02 Å². The van der Waals surface area contributed by atoms with Gasteiger partial charge >= 0.3 is 5.97 Å². The van der Waals surface area contributed by atoms with E-state index >= 15 is 0 Å². The van der Waals surface area contributed by atoms with E-state index < -0.39 is 17.8 Å². The van der Waals surface area contributed by atoms with Gasteiger partial charge in [0.15, 0.2) is 0 Å². The number of benzene rings is 3. The lowest BCUT2D eigenvalue weighted by molar-refractivity contribution is -0.117. The fourth-order valence-electron chi connectivity index (χ4n) is 4.41. The number of anilines is 2. The van der Waals surface area contributed by atoms with Gasteiger partial charge in [0, 0.05) is 16.9 Å². The minimum Gasteiger partial charge on any atom is -0.507 e. The Hall–Kier alpha value is -4.17. The van der Waals surface area contributed by atoms with E-state index in [1.165, 1.54) is 23.2 Å². The Morgan fingerprint density at radius 3 is 2.45 bits per heavy atom. The number of nitrogens with zero attached hydrogens (tertiary/aromatic N) is 2. The normalized spacial score (nSPS) is 15.0. The van der Waals surface area contributed by atoms with Crippen LogP contribution in [0.1, 0.15) is 82.9 Å². The topological polar surface area (TPSA) is 119 Å². The smallest absolute Gasteiger partial charge is 0.335 e. The lowest BCUT2D eigenvalue weighted by Gasteiger charge is -2.18. The number of hydrazone groups is 1. The summed E-state index contributed by atoms with van der Waals surface area (Å²) in [6, 6.07) is 14.5. The molecular formula is C29H28ClN3O5. The summed E-state index contributed by atoms with van der Waals surface area (Å²) in [5.41, 5.74) is 5.63. The van der Waals surface area contributed by atoms with Gasteiger partial charge in [-0.05, 0) is 64.9 Å². The summed E-state index contributed by atoms with van der Waals surface area (Å²) in [4.78, 5) is 39.3. The second-order valence-electron chi connectivity index (χ2n) is 9.74. The summed E-state index contributed by atoms with van der Waals surface area (Å²) in [6.07, 6.45) is 1.32. The van der Waals surface area contributed by atoms with Gasteiger partial charge in [-0.15, -0.1) is 0 Å². The van der Waals surface area contributed by atoms with Crippen LogP contribution >= 0.6 is 11.6 Å². The molecule has 0 aliphatic carbocycles. The van der Waals surface area contributed by atoms with Gasteiger partial charge in [0.25, 0.3) is 5.91 Å². The van der Waals surface area contributed by atoms with Gasteiger partial charge in [0.1, 0.15) is 11.7 Å². The molecule has 0 radical (unpaired) electrons. The quantitative estimate of drug-likeness (QED) is 0.248. The number of phenols is 1. The number of nitrogens with one attached hydrogen (secondary N) is 1. The number of hydrogen-bond donors (Lipinski definition) is 3. The first-order valence-corrected chi connectivity index (χ1v) is 12.5. The fraction of sp³-hybridized carbons (Fsp3) is 0.241. The van der Waals surface area contributed by atoms with E-state index in [9.17, 15) is 24.6 Å². The van der Waals surface area contributed by atoms with E-state index in [1.54, 1.807) is 36.4 Å². The maximum Gasteiger partial charge on any atom is 0.335 e. The molecule has 1 aliphatic rings. The van der Waals surface area contributed by atoms with Gasteiger partial charge in [0.2, 0.25) is 5.91 Å². The fourth-order valence-corrected chi connectivity index (χ4v) is 4.58. The number of carbonyl (C=O) groups excluding carboxylic acids is 2. The molecule has 0 bridgehead atoms. The Balaban J connectivity index is 1.64. The largest absolute Gasteiger partial charge is 0.507 e. The standard InChI is InChI=1S/C29H28ClN3O5/c1-15(2)18-11-22(16(3)4)26(34)23(12-18)27(35)32-31-14-24-21-9-8-19(30)13-25(21)33(28(24)36)20-7-5-6-17(10-20)29(37)38/h5-16,24,34H,1-4H3,(H,32,35)(H,37,38). The molecule has 1 unspecified atom stereocenters. The highest BCUT2D eigenvalue weighted by atomic mass is 35.5. The van der Waals surface area contributed by atoms with Crippen LogP contribution in [-0.4, -0.2) is 34.2 Å². The first-order valence-electron chi connectivity index (χ1n) is 12.2. The zero-order valence-electron chi connectivity index (χ0n) is 21.4. The van der Waals surface area contributed by atoms with Gasteiger partial charge in [-0.25, -0.2) is 10.2 Å². The first kappa shape index (κ1) is 26.9. The number of hydrogen-bond acceptors (Lipinski definition) is 5. The highest BCUT2D eigenvalue weighted by molar-refractivity contribution is 6.31. The van der Waals surface area contributed by atoms with Gasteiger partial charge in [0.05, 0.1) is 16.8 Å². The van der Waals surface area contributed by atoms with Crippen molar-refractivity contribution < 1.29 is 24.6 Å². The number of halogens is 1. The van der Waals surface area contributed by atoms with Crippen LogP contribution in [0.15, 0.2) is 59.7 Å². The van der Waals surface area contributed by atoms with Gasteiger partial charge in [-0.3, -0.25) is 14.5 Å². The van der Waals surface area contributed by atoms with Crippen molar-refractivity contribution in [2.75, 3.05) is 4.90 Å². The second kappa shape index (κ2) is 10.7. The maximum absolute atomic E-state index is 13.5. The van der Waals surface area contributed by atoms with Crippen LogP contribution in [0.25, 0.3) is 0 Å². The minimum absolute atomic E-state index is 0.00815. The third kappa shape index (κ3) is 5.13. The highest BCUT2D eigenvalue weighted by Crippen LogP contribution is 2.42. The Morgan fingerprint density at radius 2 is 1.79 bits per heavy atom. The third-order valence-electron chi connectivity index (χ3n) is 6.49. The van der Waals surface area contributed by atoms with Crippen LogP contribution in [0.3, 0.4) is 0 Å². The Kier molecular flexibility index (Phi) is 7.55. The average molecular weight is 534 g/mol. The monoisotopic (exact) mass is 533 g/mol. The van der Waals surface area contributed by atoms with Crippen LogP contribution in [0.4, 0.5) is 11.4 Å². The number of phenolic OH excluding ortho intramolecular Hbond substituents is 1. The minimum atomic E-state index is -1.11. The maximum atomic E-state index is 13.5. The predicted molar refractivity (Wildman–Crippen MR) is 147 cm³/mol. The lowest BCUT2D eigenvalue weighted by atomic mass is 9.92. The molecule has 0 saturated carbocycles. The molecule has 0 spiro atoms. The lowest BCUT2D eigenvalue weighted by Crippen LogP contribution is -2.26. The number of aromatic hydroxyl groups is 1. The molecule has 0 saturated heterocycles. The van der Waals surface area contributed by atoms with Gasteiger partial charge in [-0.1, -0.05) is 57.5 Å². The number of amides is 2. The zero-order valence-corrected chi connectivity index (χ0v) is 22.2. The van der Waals surface area contributed by atoms with Crippen molar-refractivity contribution in [3.05, 3.63) is 87.4 Å². The molecule has 3 aromatic rings. The number of rotatable bonds is 7. The molecular weight excluding hydrogens is 506 g/mol. The highest BCUT2D eigenvalue weighted by Gasteiger charge is 2.37. The van der Waals surface area contributed by atoms with Crippen molar-refractivity contribution in [2.45, 2.75) is 45.4 Å². The predicted octanol–water partition coefficient (Wildman–Crippen LogP) is 6.17. The number of carboxylic acid groups (broad SMARTS) is 1. The molecule has 196 valence electrons. The summed E-state index contributed by atoms with van der Waals surface area (Å²) < 4.78 is 0. The van der Waals surface area contributed by atoms with E-state index in [2.05, 4.69) is 10.5 Å². The van der Waals surface area contributed by atoms with E-state index in [0.717, 1.165) is 5.56 Å². The van der Waals surface area contributed by atoms with Gasteiger partial charge in [-0.2, -0.15) is 5.10 Å². The molecule has 0 aromatic heterocycles. The van der Waals surface area contributed by atoms with Crippen LogP contribution < -0.4 is 10.3 Å². The average Bonchev–Trinajstić information content (AvgIpc) is 3.13. The third-order valence-corrected chi connectivity index (χ3v) is 6.73. The number of aromatic carboxylic acids is 1. The summed E-state index contributed by atoms with van der Waals surface area (Å²) in [6.45, 7) is 7.88. The molecule has 4 rings (SSSR count). The molecule has 1 heterocycles. The van der Waals surface area contributed by atoms with E-state index in [-0.39, 0.29) is 34.6 Å². The molecule has 1 aliphatic heterocycles. The van der Waals surface area contributed by atoms with E-state index in [4.69, 9.17) is 11.6 Å². The summed E-state index contributed by atoms with van der Waals surface area (Å²) in [5.74, 6) is -2.89. The molecule has 38 heavy (non-hydrogen) atoms. The molecule has 3 aromatic carbocycles. The van der Waals surface area contributed by atoms with Crippen molar-refractivity contribution in [3.8, 4) is 5.75 Å². The number of carboxylic acids is 1. The first-order chi connectivity index (χ1) is 18.0. The summed E-state index contributed by atoms with van der Waals surface area (Å²) in [7, 11) is 0. The van der Waals surface area contributed by atoms with Crippen LogP contribution in [0, 0.1) is 0 Å². The summed E-state index contributed by atoms with van der Waals surface area (Å²) in [5, 5.41) is 24.6. The second-order valence-corrected chi connectivity index (χ2v) is 10.2. The Bertz CT molecular complexity index is 1460. The molecule has 2 amide bonds. The molecule has 9 heteroatoms. The van der Waals surface area contributed by atoms with Crippen molar-refractivity contribution in [1.82, 2.24) is 5.43 Å². The van der Waals surface area contributed by atoms with Crippen molar-refractivity contribution in [1.29, 1.82) is 0 Å². The SMILES string of the molecule is CC(C)c1cc(C(=O)NN=CC2C(=O)N(c3cccc(C(=O)O)c3)c3cc(Cl)ccc32)c(O)c(C(C)C)c1. The zero-order chi connectivity index (χ0) is 27.7. The van der Waals surface area contributed by atoms with E-state index in [0.29, 0.717) is 27.5 Å². The van der Waals surface area contributed by atoms with E-state index in [1.807, 2.05) is 33.8 Å².